The van der Waals surface area contributed by atoms with Crippen LogP contribution in [0, 0.1) is 0 Å². The van der Waals surface area contributed by atoms with Crippen molar-refractivity contribution in [3.05, 3.63) is 65.2 Å². The van der Waals surface area contributed by atoms with E-state index in [0.29, 0.717) is 38.0 Å². The van der Waals surface area contributed by atoms with E-state index in [1.54, 1.807) is 0 Å². The predicted octanol–water partition coefficient (Wildman–Crippen LogP) is 4.32. The third-order valence-electron chi connectivity index (χ3n) is 6.96. The van der Waals surface area contributed by atoms with Crippen LogP contribution < -0.4 is 15.5 Å². The Morgan fingerprint density at radius 2 is 1.53 bits per heavy atom. The summed E-state index contributed by atoms with van der Waals surface area (Å²) in [5.74, 6) is -0.462. The van der Waals surface area contributed by atoms with Crippen molar-refractivity contribution in [3.8, 4) is 0 Å². The summed E-state index contributed by atoms with van der Waals surface area (Å²) in [6.45, 7) is 4.99. The molecule has 0 bridgehead atoms. The fourth-order valence-electron chi connectivity index (χ4n) is 4.89. The number of rotatable bonds is 7. The Labute approximate surface area is 209 Å². The average molecular weight is 503 g/mol. The minimum atomic E-state index is -4.43. The number of hydrogen-bond donors (Lipinski definition) is 2. The van der Waals surface area contributed by atoms with Gasteiger partial charge in [0.05, 0.1) is 11.1 Å². The fourth-order valence-corrected chi connectivity index (χ4v) is 4.89. The molecular weight excluding hydrogens is 469 g/mol. The number of benzene rings is 2. The molecule has 4 rings (SSSR count). The van der Waals surface area contributed by atoms with Crippen LogP contribution in [0.3, 0.4) is 0 Å². The van der Waals surface area contributed by atoms with Crippen molar-refractivity contribution in [3.63, 3.8) is 0 Å². The molecule has 0 spiro atoms. The highest BCUT2D eigenvalue weighted by Gasteiger charge is 2.30. The van der Waals surface area contributed by atoms with Crippen molar-refractivity contribution in [2.45, 2.75) is 44.3 Å². The van der Waals surface area contributed by atoms with E-state index in [-0.39, 0.29) is 23.4 Å². The van der Waals surface area contributed by atoms with Crippen molar-refractivity contribution in [1.82, 2.24) is 15.5 Å². The minimum Gasteiger partial charge on any atom is -0.371 e. The van der Waals surface area contributed by atoms with Crippen LogP contribution in [0.15, 0.2) is 48.5 Å². The molecule has 2 aromatic rings. The normalized spacial score (nSPS) is 17.6. The number of hydrogen-bond acceptors (Lipinski definition) is 4. The Kier molecular flexibility index (Phi) is 8.51. The lowest BCUT2D eigenvalue weighted by atomic mass is 10.0. The maximum Gasteiger partial charge on any atom is 0.416 e. The predicted molar refractivity (Wildman–Crippen MR) is 133 cm³/mol. The summed E-state index contributed by atoms with van der Waals surface area (Å²) in [4.78, 5) is 30.0. The second-order valence-electron chi connectivity index (χ2n) is 9.49. The number of halogens is 3. The number of carbonyl (C=O) groups is 2. The molecule has 2 N–H and O–H groups in total. The number of likely N-dealkylation sites (tertiary alicyclic amines) is 1. The topological polar surface area (TPSA) is 64.7 Å². The average Bonchev–Trinajstić information content (AvgIpc) is 2.89. The van der Waals surface area contributed by atoms with Gasteiger partial charge in [0, 0.05) is 43.5 Å². The number of anilines is 1. The Morgan fingerprint density at radius 1 is 0.861 bits per heavy atom. The van der Waals surface area contributed by atoms with Gasteiger partial charge in [0.15, 0.2) is 0 Å². The van der Waals surface area contributed by atoms with Gasteiger partial charge in [-0.3, -0.25) is 9.59 Å². The third kappa shape index (κ3) is 6.78. The number of nitrogens with one attached hydrogen (secondary N) is 2. The Hall–Kier alpha value is -3.07. The molecule has 9 heteroatoms. The first-order valence-electron chi connectivity index (χ1n) is 12.6. The second kappa shape index (κ2) is 11.8. The van der Waals surface area contributed by atoms with Crippen LogP contribution >= 0.6 is 0 Å². The van der Waals surface area contributed by atoms with Gasteiger partial charge in [-0.2, -0.15) is 13.2 Å². The van der Waals surface area contributed by atoms with Gasteiger partial charge >= 0.3 is 6.18 Å². The number of amides is 2. The van der Waals surface area contributed by atoms with Crippen LogP contribution in [-0.4, -0.2) is 62.0 Å². The van der Waals surface area contributed by atoms with E-state index in [1.807, 2.05) is 24.3 Å². The molecule has 2 amide bonds. The van der Waals surface area contributed by atoms with Crippen molar-refractivity contribution >= 4 is 17.5 Å². The first-order valence-corrected chi connectivity index (χ1v) is 12.6. The molecule has 2 aromatic carbocycles. The smallest absolute Gasteiger partial charge is 0.371 e. The van der Waals surface area contributed by atoms with Gasteiger partial charge in [0.1, 0.15) is 0 Å². The van der Waals surface area contributed by atoms with Gasteiger partial charge in [-0.15, -0.1) is 0 Å². The molecule has 194 valence electrons. The monoisotopic (exact) mass is 502 g/mol. The zero-order chi connectivity index (χ0) is 25.5. The number of para-hydroxylation sites is 1. The summed E-state index contributed by atoms with van der Waals surface area (Å²) in [5, 5.41) is 5.99. The lowest BCUT2D eigenvalue weighted by Crippen LogP contribution is -2.45. The summed E-state index contributed by atoms with van der Waals surface area (Å²) >= 11 is 0. The lowest BCUT2D eigenvalue weighted by molar-refractivity contribution is -0.137. The molecule has 0 aromatic heterocycles. The van der Waals surface area contributed by atoms with Gasteiger partial charge in [-0.05, 0) is 75.2 Å². The summed E-state index contributed by atoms with van der Waals surface area (Å²) in [6.07, 6.45) is 0.650. The summed E-state index contributed by atoms with van der Waals surface area (Å²) in [6, 6.07) is 11.7. The van der Waals surface area contributed by atoms with Gasteiger partial charge in [0.2, 0.25) is 0 Å². The standard InChI is InChI=1S/C27H33F3N4O2/c28-27(29,30)21-10-8-20(9-11-21)25(35)32-22-12-17-34(18-13-22)24-7-3-2-6-23(24)26(36)31-14-19-33-15-4-1-5-16-33/h2-3,6-11,22H,1,4-5,12-19H2,(H,31,36)(H,32,35). The SMILES string of the molecule is O=C(NC1CCN(c2ccccc2C(=O)NCCN2CCCCC2)CC1)c1ccc(C(F)(F)F)cc1. The minimum absolute atomic E-state index is 0.0819. The zero-order valence-corrected chi connectivity index (χ0v) is 20.3. The molecule has 2 fully saturated rings. The molecule has 2 aliphatic heterocycles. The maximum absolute atomic E-state index is 12.9. The molecule has 0 unspecified atom stereocenters. The number of carbonyl (C=O) groups excluding carboxylic acids is 2. The summed E-state index contributed by atoms with van der Waals surface area (Å²) < 4.78 is 38.3. The van der Waals surface area contributed by atoms with E-state index in [1.165, 1.54) is 31.4 Å². The molecule has 2 heterocycles. The van der Waals surface area contributed by atoms with Gasteiger partial charge in [0.25, 0.3) is 11.8 Å². The molecular formula is C27H33F3N4O2. The highest BCUT2D eigenvalue weighted by molar-refractivity contribution is 5.99. The highest BCUT2D eigenvalue weighted by atomic mass is 19.4. The van der Waals surface area contributed by atoms with E-state index >= 15 is 0 Å². The number of piperidine rings is 2. The summed E-state index contributed by atoms with van der Waals surface area (Å²) in [5.41, 5.74) is 0.947. The van der Waals surface area contributed by atoms with Crippen molar-refractivity contribution in [1.29, 1.82) is 0 Å². The van der Waals surface area contributed by atoms with Gasteiger partial charge < -0.3 is 20.4 Å². The van der Waals surface area contributed by atoms with Crippen molar-refractivity contribution in [2.75, 3.05) is 44.2 Å². The molecule has 0 saturated carbocycles. The molecule has 2 aliphatic rings. The largest absolute Gasteiger partial charge is 0.416 e. The second-order valence-corrected chi connectivity index (χ2v) is 9.49. The van der Waals surface area contributed by atoms with Crippen LogP contribution in [0.2, 0.25) is 0 Å². The van der Waals surface area contributed by atoms with Gasteiger partial charge in [-0.25, -0.2) is 0 Å². The van der Waals surface area contributed by atoms with E-state index in [2.05, 4.69) is 20.4 Å². The highest BCUT2D eigenvalue weighted by Crippen LogP contribution is 2.29. The Balaban J connectivity index is 1.28. The first kappa shape index (κ1) is 26.0. The zero-order valence-electron chi connectivity index (χ0n) is 20.3. The van der Waals surface area contributed by atoms with E-state index in [9.17, 15) is 22.8 Å². The number of nitrogens with zero attached hydrogens (tertiary/aromatic N) is 2. The van der Waals surface area contributed by atoms with Crippen LogP contribution in [-0.2, 0) is 6.18 Å². The molecule has 6 nitrogen and oxygen atoms in total. The molecule has 0 aliphatic carbocycles. The molecule has 0 radical (unpaired) electrons. The van der Waals surface area contributed by atoms with Crippen LogP contribution in [0.25, 0.3) is 0 Å². The van der Waals surface area contributed by atoms with E-state index in [4.69, 9.17) is 0 Å². The Bertz CT molecular complexity index is 1030. The van der Waals surface area contributed by atoms with E-state index in [0.717, 1.165) is 37.5 Å². The summed E-state index contributed by atoms with van der Waals surface area (Å²) in [7, 11) is 0. The van der Waals surface area contributed by atoms with Crippen molar-refractivity contribution < 1.29 is 22.8 Å². The number of alkyl halides is 3. The van der Waals surface area contributed by atoms with Crippen molar-refractivity contribution in [2.24, 2.45) is 0 Å². The van der Waals surface area contributed by atoms with Crippen LogP contribution in [0.4, 0.5) is 18.9 Å². The molecule has 2 saturated heterocycles. The molecule has 0 atom stereocenters. The fraction of sp³-hybridized carbons (Fsp3) is 0.481. The van der Waals surface area contributed by atoms with Crippen LogP contribution in [0.1, 0.15) is 58.4 Å². The third-order valence-corrected chi connectivity index (χ3v) is 6.96. The quantitative estimate of drug-likeness (QED) is 0.592. The molecule has 36 heavy (non-hydrogen) atoms. The van der Waals surface area contributed by atoms with Gasteiger partial charge in [-0.1, -0.05) is 18.6 Å². The Morgan fingerprint density at radius 3 is 2.19 bits per heavy atom. The maximum atomic E-state index is 12.9. The van der Waals surface area contributed by atoms with Crippen LogP contribution in [0.5, 0.6) is 0 Å². The lowest BCUT2D eigenvalue weighted by Gasteiger charge is -2.35. The van der Waals surface area contributed by atoms with E-state index < -0.39 is 11.7 Å². The first-order chi connectivity index (χ1) is 17.3.